The van der Waals surface area contributed by atoms with E-state index >= 15 is 0 Å². The number of nitrogens with two attached hydrogens (primary N) is 1. The van der Waals surface area contributed by atoms with Crippen LogP contribution in [0, 0.1) is 5.92 Å². The van der Waals surface area contributed by atoms with Crippen LogP contribution in [0.5, 0.6) is 0 Å². The molecule has 0 unspecified atom stereocenters. The quantitative estimate of drug-likeness (QED) is 0.681. The minimum atomic E-state index is -0.931. The van der Waals surface area contributed by atoms with E-state index < -0.39 is 12.0 Å². The van der Waals surface area contributed by atoms with Crippen molar-refractivity contribution in [2.75, 3.05) is 0 Å². The summed E-state index contributed by atoms with van der Waals surface area (Å²) in [5, 5.41) is 8.23. The highest BCUT2D eigenvalue weighted by atomic mass is 16.4. The second-order valence-corrected chi connectivity index (χ2v) is 7.20. The lowest BCUT2D eigenvalue weighted by atomic mass is 10.1. The first kappa shape index (κ1) is 21.0. The molecule has 0 saturated heterocycles. The van der Waals surface area contributed by atoms with E-state index in [2.05, 4.69) is 39.9 Å². The molecular weight excluding hydrogens is 410 g/mol. The zero-order valence-electron chi connectivity index (χ0n) is 17.3. The number of hydrogen-bond donors (Lipinski definition) is 2. The van der Waals surface area contributed by atoms with Gasteiger partial charge in [-0.15, -0.1) is 0 Å². The summed E-state index contributed by atoms with van der Waals surface area (Å²) in [5.41, 5.74) is 5.16. The fraction of sp³-hybridized carbons (Fsp3) is 0.190. The summed E-state index contributed by atoms with van der Waals surface area (Å²) in [6.45, 7) is 3.55. The van der Waals surface area contributed by atoms with Crippen LogP contribution < -0.4 is 5.73 Å². The molecule has 11 heteroatoms. The van der Waals surface area contributed by atoms with Crippen molar-refractivity contribution in [3.8, 4) is 0 Å². The Morgan fingerprint density at radius 2 is 0.781 bits per heavy atom. The molecule has 3 N–H and O–H groups in total. The Morgan fingerprint density at radius 1 is 0.594 bits per heavy atom. The highest BCUT2D eigenvalue weighted by Crippen LogP contribution is 2.10. The molecule has 0 amide bonds. The molecule has 160 valence electrons. The molecule has 5 rings (SSSR count). The molecule has 0 saturated carbocycles. The number of carbonyl (C=O) groups is 1. The number of aliphatic imine (C=N–C) groups is 8. The van der Waals surface area contributed by atoms with Crippen LogP contribution in [-0.2, 0) is 4.79 Å². The average Bonchev–Trinajstić information content (AvgIpc) is 3.53. The molecule has 0 fully saturated rings. The largest absolute Gasteiger partial charge is 0.480 e. The van der Waals surface area contributed by atoms with Crippen LogP contribution in [0.25, 0.3) is 0 Å². The SMILES string of the molecule is C1=CC2=NC3=NC(=NC4=NC(=NC5=NC(=NC1=N2)C=C5)C=C4)C=C3.CC(C)[C@H](N)C(=O)O. The van der Waals surface area contributed by atoms with Gasteiger partial charge in [0.25, 0.3) is 0 Å². The van der Waals surface area contributed by atoms with Crippen LogP contribution in [-0.4, -0.2) is 63.8 Å². The van der Waals surface area contributed by atoms with E-state index in [-0.39, 0.29) is 5.92 Å². The second-order valence-electron chi connectivity index (χ2n) is 7.20. The Bertz CT molecular complexity index is 1050. The van der Waals surface area contributed by atoms with E-state index in [1.165, 1.54) is 0 Å². The first-order chi connectivity index (χ1) is 15.4. The fourth-order valence-corrected chi connectivity index (χ4v) is 2.62. The van der Waals surface area contributed by atoms with Crippen molar-refractivity contribution in [1.29, 1.82) is 0 Å². The molecule has 32 heavy (non-hydrogen) atoms. The Hall–Kier alpha value is -4.25. The Labute approximate surface area is 183 Å². The Morgan fingerprint density at radius 3 is 0.875 bits per heavy atom. The molecule has 8 bridgehead atoms. The highest BCUT2D eigenvalue weighted by Gasteiger charge is 2.15. The van der Waals surface area contributed by atoms with Crippen LogP contribution in [0.2, 0.25) is 0 Å². The maximum absolute atomic E-state index is 10.0. The second kappa shape index (κ2) is 8.86. The molecule has 0 aromatic heterocycles. The van der Waals surface area contributed by atoms with Crippen molar-refractivity contribution < 1.29 is 9.90 Å². The smallest absolute Gasteiger partial charge is 0.320 e. The molecule has 1 atom stereocenters. The first-order valence-electron chi connectivity index (χ1n) is 9.76. The van der Waals surface area contributed by atoms with E-state index in [1.807, 2.05) is 0 Å². The van der Waals surface area contributed by atoms with Gasteiger partial charge in [0.05, 0.1) is 0 Å². The van der Waals surface area contributed by atoms with Crippen molar-refractivity contribution in [3.05, 3.63) is 48.6 Å². The number of aliphatic carboxylic acids is 1. The zero-order chi connectivity index (χ0) is 22.7. The number of rotatable bonds is 2. The van der Waals surface area contributed by atoms with E-state index in [9.17, 15) is 4.79 Å². The number of hydrogen-bond acceptors (Lipinski definition) is 10. The molecule has 0 aliphatic carbocycles. The lowest BCUT2D eigenvalue weighted by molar-refractivity contribution is -0.139. The van der Waals surface area contributed by atoms with Crippen molar-refractivity contribution in [2.45, 2.75) is 19.9 Å². The van der Waals surface area contributed by atoms with Crippen molar-refractivity contribution in [1.82, 2.24) is 0 Å². The third-order valence-corrected chi connectivity index (χ3v) is 4.36. The van der Waals surface area contributed by atoms with Crippen LogP contribution in [0.15, 0.2) is 88.5 Å². The number of carboxylic acids is 1. The molecule has 11 nitrogen and oxygen atoms in total. The van der Waals surface area contributed by atoms with Crippen molar-refractivity contribution in [2.24, 2.45) is 51.6 Å². The van der Waals surface area contributed by atoms with Crippen molar-refractivity contribution in [3.63, 3.8) is 0 Å². The first-order valence-corrected chi connectivity index (χ1v) is 9.76. The summed E-state index contributed by atoms with van der Waals surface area (Å²) < 4.78 is 0. The minimum Gasteiger partial charge on any atom is -0.480 e. The number of amidine groups is 8. The molecular formula is C21H19N9O2. The van der Waals surface area contributed by atoms with E-state index in [0.29, 0.717) is 46.7 Å². The number of carboxylic acid groups (broad SMARTS) is 1. The summed E-state index contributed by atoms with van der Waals surface area (Å²) >= 11 is 0. The molecule has 0 aromatic carbocycles. The molecule has 0 radical (unpaired) electrons. The fourth-order valence-electron chi connectivity index (χ4n) is 2.62. The summed E-state index contributed by atoms with van der Waals surface area (Å²) in [5.74, 6) is 3.39. The third kappa shape index (κ3) is 5.08. The normalized spacial score (nSPS) is 20.5. The van der Waals surface area contributed by atoms with Gasteiger partial charge in [-0.25, -0.2) is 39.9 Å². The van der Waals surface area contributed by atoms with Gasteiger partial charge in [-0.3, -0.25) is 4.79 Å². The maximum atomic E-state index is 10.0. The van der Waals surface area contributed by atoms with Crippen LogP contribution in [0.3, 0.4) is 0 Å². The van der Waals surface area contributed by atoms with Crippen LogP contribution in [0.1, 0.15) is 13.8 Å². The van der Waals surface area contributed by atoms with Gasteiger partial charge in [-0.05, 0) is 54.5 Å². The average molecular weight is 429 g/mol. The minimum absolute atomic E-state index is 0.0208. The lowest BCUT2D eigenvalue weighted by Crippen LogP contribution is -2.34. The van der Waals surface area contributed by atoms with E-state index in [1.54, 1.807) is 62.5 Å². The van der Waals surface area contributed by atoms with Gasteiger partial charge in [0, 0.05) is 0 Å². The van der Waals surface area contributed by atoms with Gasteiger partial charge in [0.15, 0.2) is 46.7 Å². The standard InChI is InChI=1S/C16H8N8.C5H11NO2/c1-2-10-17-9(1)21-11-3-4-13(18-11)23-15-7-8-16(20-15)24-14-6-5-12(19-14)22-10;1-3(2)4(6)5(7)8/h1-8H;3-4H,6H2,1-2H3,(H,7,8)/t;4-/m.0/s1. The monoisotopic (exact) mass is 429 g/mol. The van der Waals surface area contributed by atoms with E-state index in [0.717, 1.165) is 0 Å². The van der Waals surface area contributed by atoms with Gasteiger partial charge in [-0.1, -0.05) is 13.8 Å². The summed E-state index contributed by atoms with van der Waals surface area (Å²) in [7, 11) is 0. The lowest BCUT2D eigenvalue weighted by Gasteiger charge is -2.07. The Kier molecular flexibility index (Phi) is 5.81. The van der Waals surface area contributed by atoms with Gasteiger partial charge < -0.3 is 10.8 Å². The van der Waals surface area contributed by atoms with Crippen LogP contribution >= 0.6 is 0 Å². The van der Waals surface area contributed by atoms with Gasteiger partial charge in [-0.2, -0.15) is 0 Å². The molecule has 5 aliphatic heterocycles. The summed E-state index contributed by atoms with van der Waals surface area (Å²) in [6.07, 6.45) is 14.2. The van der Waals surface area contributed by atoms with Gasteiger partial charge in [0.2, 0.25) is 0 Å². The number of fused-ring (bicyclic) bond motifs is 4. The van der Waals surface area contributed by atoms with Crippen molar-refractivity contribution >= 4 is 52.7 Å². The third-order valence-electron chi connectivity index (χ3n) is 4.36. The number of nitrogens with zero attached hydrogens (tertiary/aromatic N) is 8. The molecule has 0 spiro atoms. The maximum Gasteiger partial charge on any atom is 0.320 e. The Balaban J connectivity index is 0.000000265. The van der Waals surface area contributed by atoms with Gasteiger partial charge in [0.1, 0.15) is 6.04 Å². The van der Waals surface area contributed by atoms with Crippen LogP contribution in [0.4, 0.5) is 0 Å². The zero-order valence-corrected chi connectivity index (χ0v) is 17.3. The predicted molar refractivity (Wildman–Crippen MR) is 126 cm³/mol. The molecule has 0 aromatic rings. The topological polar surface area (TPSA) is 162 Å². The summed E-state index contributed by atoms with van der Waals surface area (Å²) in [6, 6.07) is -0.713. The van der Waals surface area contributed by atoms with Gasteiger partial charge >= 0.3 is 5.97 Å². The molecule has 5 heterocycles. The molecule has 5 aliphatic rings. The predicted octanol–water partition coefficient (Wildman–Crippen LogP) is 1.52. The highest BCUT2D eigenvalue weighted by molar-refractivity contribution is 6.28. The summed E-state index contributed by atoms with van der Waals surface area (Å²) in [4.78, 5) is 44.8. The van der Waals surface area contributed by atoms with E-state index in [4.69, 9.17) is 10.8 Å².